The molecule has 1 aromatic carbocycles. The zero-order valence-electron chi connectivity index (χ0n) is 7.58. The molecule has 0 heterocycles. The van der Waals surface area contributed by atoms with Crippen LogP contribution in [-0.2, 0) is 10.1 Å². The minimum Gasteiger partial charge on any atom is -0.376 e. The van der Waals surface area contributed by atoms with E-state index in [1.54, 1.807) is 13.0 Å². The molecule has 0 unspecified atom stereocenters. The molecule has 0 aromatic heterocycles. The molecule has 0 bridgehead atoms. The molecule has 0 N–H and O–H groups in total. The lowest BCUT2D eigenvalue weighted by Crippen LogP contribution is -2.28. The summed E-state index contributed by atoms with van der Waals surface area (Å²) in [5.74, 6) is -0.354. The third-order valence-electron chi connectivity index (χ3n) is 1.48. The number of halogens is 3. The predicted octanol–water partition coefficient (Wildman–Crippen LogP) is 2.22. The van der Waals surface area contributed by atoms with Crippen LogP contribution in [-0.4, -0.2) is 13.9 Å². The SMILES string of the molecule is Cc1cccc(OS(=O)(=O)C(F)(F)F)c1. The Kier molecular flexibility index (Phi) is 2.94. The van der Waals surface area contributed by atoms with Crippen LogP contribution in [0.1, 0.15) is 5.56 Å². The highest BCUT2D eigenvalue weighted by Gasteiger charge is 2.48. The second kappa shape index (κ2) is 3.73. The summed E-state index contributed by atoms with van der Waals surface area (Å²) in [6.45, 7) is 1.60. The van der Waals surface area contributed by atoms with Crippen molar-refractivity contribution >= 4 is 10.1 Å². The van der Waals surface area contributed by atoms with Crippen LogP contribution in [0.25, 0.3) is 0 Å². The number of aryl methyl sites for hydroxylation is 1. The fraction of sp³-hybridized carbons (Fsp3) is 0.250. The van der Waals surface area contributed by atoms with Crippen molar-refractivity contribution < 1.29 is 25.8 Å². The van der Waals surface area contributed by atoms with Gasteiger partial charge in [-0.1, -0.05) is 12.1 Å². The maximum absolute atomic E-state index is 11.9. The molecule has 1 aromatic rings. The van der Waals surface area contributed by atoms with Crippen molar-refractivity contribution in [1.82, 2.24) is 0 Å². The molecular weight excluding hydrogens is 233 g/mol. The maximum atomic E-state index is 11.9. The first-order valence-corrected chi connectivity index (χ1v) is 5.20. The Bertz CT molecular complexity index is 450. The summed E-state index contributed by atoms with van der Waals surface area (Å²) >= 11 is 0. The molecule has 0 radical (unpaired) electrons. The second-order valence-electron chi connectivity index (χ2n) is 2.80. The van der Waals surface area contributed by atoms with Crippen molar-refractivity contribution in [2.45, 2.75) is 12.4 Å². The molecule has 0 amide bonds. The van der Waals surface area contributed by atoms with Crippen LogP contribution in [0.4, 0.5) is 13.2 Å². The van der Waals surface area contributed by atoms with Gasteiger partial charge in [0.05, 0.1) is 0 Å². The average Bonchev–Trinajstić information content (AvgIpc) is 2.00. The molecular formula is C8H7F3O3S. The zero-order chi connectivity index (χ0) is 11.7. The van der Waals surface area contributed by atoms with Gasteiger partial charge in [0, 0.05) is 0 Å². The Morgan fingerprint density at radius 3 is 2.33 bits per heavy atom. The van der Waals surface area contributed by atoms with Gasteiger partial charge in [-0.05, 0) is 24.6 Å². The molecule has 0 aliphatic carbocycles. The molecule has 84 valence electrons. The van der Waals surface area contributed by atoms with Crippen molar-refractivity contribution in [3.8, 4) is 5.75 Å². The Labute approximate surface area is 84.6 Å². The van der Waals surface area contributed by atoms with Crippen LogP contribution in [0.2, 0.25) is 0 Å². The standard InChI is InChI=1S/C8H7F3O3S/c1-6-3-2-4-7(5-6)14-15(12,13)8(9,10)11/h2-5H,1H3. The van der Waals surface area contributed by atoms with Crippen molar-refractivity contribution in [3.05, 3.63) is 29.8 Å². The van der Waals surface area contributed by atoms with Crippen molar-refractivity contribution in [2.75, 3.05) is 0 Å². The van der Waals surface area contributed by atoms with E-state index in [1.165, 1.54) is 12.1 Å². The van der Waals surface area contributed by atoms with Gasteiger partial charge in [0.25, 0.3) is 0 Å². The monoisotopic (exact) mass is 240 g/mol. The smallest absolute Gasteiger partial charge is 0.376 e. The molecule has 0 atom stereocenters. The molecule has 15 heavy (non-hydrogen) atoms. The summed E-state index contributed by atoms with van der Waals surface area (Å²) in [4.78, 5) is 0. The quantitative estimate of drug-likeness (QED) is 0.588. The Morgan fingerprint density at radius 2 is 1.87 bits per heavy atom. The molecule has 0 fully saturated rings. The van der Waals surface area contributed by atoms with E-state index >= 15 is 0 Å². The lowest BCUT2D eigenvalue weighted by Gasteiger charge is -2.09. The second-order valence-corrected chi connectivity index (χ2v) is 4.34. The summed E-state index contributed by atoms with van der Waals surface area (Å²) in [5.41, 5.74) is -4.80. The summed E-state index contributed by atoms with van der Waals surface area (Å²) in [6, 6.07) is 5.34. The molecule has 0 spiro atoms. The van der Waals surface area contributed by atoms with E-state index in [-0.39, 0.29) is 5.75 Å². The van der Waals surface area contributed by atoms with Gasteiger partial charge in [-0.25, -0.2) is 0 Å². The van der Waals surface area contributed by atoms with Crippen LogP contribution >= 0.6 is 0 Å². The summed E-state index contributed by atoms with van der Waals surface area (Å²) in [5, 5.41) is 0. The van der Waals surface area contributed by atoms with Gasteiger partial charge < -0.3 is 4.18 Å². The third-order valence-corrected chi connectivity index (χ3v) is 2.46. The van der Waals surface area contributed by atoms with Crippen LogP contribution in [0.5, 0.6) is 5.75 Å². The number of benzene rings is 1. The summed E-state index contributed by atoms with van der Waals surface area (Å²) < 4.78 is 60.8. The molecule has 0 aliphatic rings. The topological polar surface area (TPSA) is 43.4 Å². The van der Waals surface area contributed by atoms with Crippen molar-refractivity contribution in [3.63, 3.8) is 0 Å². The molecule has 1 rings (SSSR count). The van der Waals surface area contributed by atoms with E-state index < -0.39 is 15.6 Å². The largest absolute Gasteiger partial charge is 0.534 e. The van der Waals surface area contributed by atoms with E-state index in [2.05, 4.69) is 4.18 Å². The summed E-state index contributed by atoms with van der Waals surface area (Å²) in [6.07, 6.45) is 0. The number of hydrogen-bond acceptors (Lipinski definition) is 3. The molecule has 7 heteroatoms. The minimum atomic E-state index is -5.57. The third kappa shape index (κ3) is 2.85. The lowest BCUT2D eigenvalue weighted by atomic mass is 10.2. The van der Waals surface area contributed by atoms with Gasteiger partial charge >= 0.3 is 15.6 Å². The van der Waals surface area contributed by atoms with Gasteiger partial charge in [0.15, 0.2) is 0 Å². The highest BCUT2D eigenvalue weighted by molar-refractivity contribution is 7.87. The van der Waals surface area contributed by atoms with Crippen molar-refractivity contribution in [1.29, 1.82) is 0 Å². The zero-order valence-corrected chi connectivity index (χ0v) is 8.39. The average molecular weight is 240 g/mol. The van der Waals surface area contributed by atoms with E-state index in [4.69, 9.17) is 0 Å². The number of alkyl halides is 3. The van der Waals surface area contributed by atoms with Gasteiger partial charge in [-0.15, -0.1) is 0 Å². The van der Waals surface area contributed by atoms with Crippen LogP contribution in [0, 0.1) is 6.92 Å². The fourth-order valence-electron chi connectivity index (χ4n) is 0.841. The Morgan fingerprint density at radius 1 is 1.27 bits per heavy atom. The van der Waals surface area contributed by atoms with Crippen LogP contribution < -0.4 is 4.18 Å². The first-order valence-electron chi connectivity index (χ1n) is 3.80. The highest BCUT2D eigenvalue weighted by Crippen LogP contribution is 2.26. The predicted molar refractivity (Wildman–Crippen MR) is 46.8 cm³/mol. The highest BCUT2D eigenvalue weighted by atomic mass is 32.2. The fourth-order valence-corrected chi connectivity index (χ4v) is 1.29. The Hall–Kier alpha value is -1.24. The molecule has 0 saturated heterocycles. The minimum absolute atomic E-state index is 0.354. The summed E-state index contributed by atoms with van der Waals surface area (Å²) in [7, 11) is -5.57. The van der Waals surface area contributed by atoms with Crippen LogP contribution in [0.3, 0.4) is 0 Å². The molecule has 0 aliphatic heterocycles. The first kappa shape index (κ1) is 11.8. The number of hydrogen-bond donors (Lipinski definition) is 0. The Balaban J connectivity index is 2.98. The van der Waals surface area contributed by atoms with E-state index in [0.717, 1.165) is 6.07 Å². The molecule has 0 saturated carbocycles. The van der Waals surface area contributed by atoms with Gasteiger partial charge in [0.2, 0.25) is 0 Å². The maximum Gasteiger partial charge on any atom is 0.534 e. The van der Waals surface area contributed by atoms with Gasteiger partial charge in [0.1, 0.15) is 5.75 Å². The van der Waals surface area contributed by atoms with E-state index in [0.29, 0.717) is 5.56 Å². The molecule has 3 nitrogen and oxygen atoms in total. The van der Waals surface area contributed by atoms with E-state index in [9.17, 15) is 21.6 Å². The van der Waals surface area contributed by atoms with Gasteiger partial charge in [-0.3, -0.25) is 0 Å². The first-order chi connectivity index (χ1) is 6.72. The van der Waals surface area contributed by atoms with E-state index in [1.807, 2.05) is 0 Å². The lowest BCUT2D eigenvalue weighted by molar-refractivity contribution is -0.0500. The van der Waals surface area contributed by atoms with Gasteiger partial charge in [-0.2, -0.15) is 21.6 Å². The van der Waals surface area contributed by atoms with Crippen LogP contribution in [0.15, 0.2) is 24.3 Å². The van der Waals surface area contributed by atoms with Crippen molar-refractivity contribution in [2.24, 2.45) is 0 Å². The normalized spacial score (nSPS) is 12.5. The number of rotatable bonds is 2.